The molecule has 0 radical (unpaired) electrons. The van der Waals surface area contributed by atoms with Crippen LogP contribution < -0.4 is 10.6 Å². The molecule has 6 atom stereocenters. The third-order valence-corrected chi connectivity index (χ3v) is 7.77. The van der Waals surface area contributed by atoms with Gasteiger partial charge in [0.1, 0.15) is 18.3 Å². The van der Waals surface area contributed by atoms with Crippen molar-refractivity contribution in [2.45, 2.75) is 113 Å². The van der Waals surface area contributed by atoms with Gasteiger partial charge in [-0.05, 0) is 18.2 Å². The zero-order valence-electron chi connectivity index (χ0n) is 21.6. The number of carbonyl (C=O) groups is 3. The van der Waals surface area contributed by atoms with Crippen LogP contribution in [0.4, 0.5) is 4.79 Å². The summed E-state index contributed by atoms with van der Waals surface area (Å²) in [6.07, 6.45) is 5.01. The van der Waals surface area contributed by atoms with E-state index in [0.29, 0.717) is 5.75 Å². The average molecular weight is 549 g/mol. The molecule has 1 aliphatic heterocycles. The fourth-order valence-corrected chi connectivity index (χ4v) is 5.49. The molecule has 214 valence electrons. The molecule has 0 spiro atoms. The van der Waals surface area contributed by atoms with E-state index >= 15 is 0 Å². The number of aliphatic carboxylic acids is 1. The minimum absolute atomic E-state index is 0.413. The lowest BCUT2D eigenvalue weighted by Crippen LogP contribution is -2.67. The molecule has 0 aromatic rings. The van der Waals surface area contributed by atoms with E-state index in [1.165, 1.54) is 38.5 Å². The van der Waals surface area contributed by atoms with Gasteiger partial charge < -0.3 is 35.6 Å². The van der Waals surface area contributed by atoms with Gasteiger partial charge in [0.2, 0.25) is 4.93 Å². The normalized spacial score (nSPS) is 25.2. The first-order chi connectivity index (χ1) is 17.6. The van der Waals surface area contributed by atoms with Crippen molar-refractivity contribution in [1.82, 2.24) is 10.6 Å². The second kappa shape index (κ2) is 17.7. The number of rotatable bonds is 18. The lowest BCUT2D eigenvalue weighted by Gasteiger charge is -2.46. The van der Waals surface area contributed by atoms with Crippen LogP contribution in [0.2, 0.25) is 0 Å². The van der Waals surface area contributed by atoms with E-state index in [-0.39, 0.29) is 0 Å². The van der Waals surface area contributed by atoms with Crippen LogP contribution in [0.15, 0.2) is 12.7 Å². The smallest absolute Gasteiger partial charge is 0.346 e. The van der Waals surface area contributed by atoms with Gasteiger partial charge in [-0.25, -0.2) is 9.59 Å². The third-order valence-electron chi connectivity index (χ3n) is 6.37. The van der Waals surface area contributed by atoms with Crippen molar-refractivity contribution in [3.8, 4) is 0 Å². The fraction of sp³-hybridized carbons (Fsp3) is 0.800. The number of hydrogen-bond acceptors (Lipinski definition) is 9. The van der Waals surface area contributed by atoms with Crippen molar-refractivity contribution in [3.05, 3.63) is 12.7 Å². The Hall–Kier alpha value is -1.70. The van der Waals surface area contributed by atoms with Crippen molar-refractivity contribution in [2.75, 3.05) is 12.4 Å². The maximum atomic E-state index is 12.2. The van der Waals surface area contributed by atoms with Crippen LogP contribution in [0.1, 0.15) is 77.6 Å². The molecule has 12 heteroatoms. The molecule has 37 heavy (non-hydrogen) atoms. The Balaban J connectivity index is 2.76. The predicted octanol–water partition coefficient (Wildman–Crippen LogP) is 1.67. The summed E-state index contributed by atoms with van der Waals surface area (Å²) >= 11 is 0.977. The van der Waals surface area contributed by atoms with Gasteiger partial charge in [0.05, 0.1) is 18.8 Å². The summed E-state index contributed by atoms with van der Waals surface area (Å²) in [6, 6.07) is -2.41. The minimum Gasteiger partial charge on any atom is -0.478 e. The van der Waals surface area contributed by atoms with Crippen LogP contribution in [-0.4, -0.2) is 91.2 Å². The number of nitrogens with one attached hydrogen (secondary N) is 2. The number of carboxylic acid groups (broad SMARTS) is 1. The van der Waals surface area contributed by atoms with E-state index in [4.69, 9.17) is 4.74 Å². The number of carboxylic acids is 1. The lowest BCUT2D eigenvalue weighted by atomic mass is 9.90. The first-order valence-corrected chi connectivity index (χ1v) is 14.0. The number of unbranched alkanes of at least 4 members (excludes halogenated alkanes) is 9. The summed E-state index contributed by atoms with van der Waals surface area (Å²) in [5.74, 6) is -1.76. The van der Waals surface area contributed by atoms with Gasteiger partial charge in [0.15, 0.2) is 0 Å². The molecule has 11 nitrogen and oxygen atoms in total. The molecule has 0 aromatic carbocycles. The Kier molecular flexibility index (Phi) is 16.0. The third kappa shape index (κ3) is 11.3. The van der Waals surface area contributed by atoms with Crippen molar-refractivity contribution < 1.29 is 44.7 Å². The van der Waals surface area contributed by atoms with Gasteiger partial charge >= 0.3 is 12.0 Å². The topological polar surface area (TPSA) is 186 Å². The van der Waals surface area contributed by atoms with Gasteiger partial charge in [-0.15, -0.1) is 11.8 Å². The Morgan fingerprint density at radius 2 is 1.65 bits per heavy atom. The van der Waals surface area contributed by atoms with Crippen molar-refractivity contribution in [2.24, 2.45) is 0 Å². The summed E-state index contributed by atoms with van der Waals surface area (Å²) in [4.78, 5) is 33.9. The first-order valence-electron chi connectivity index (χ1n) is 13.1. The molecule has 3 amide bonds. The highest BCUT2D eigenvalue weighted by atomic mass is 32.2. The molecule has 0 aromatic heterocycles. The summed E-state index contributed by atoms with van der Waals surface area (Å²) < 4.78 is 5.76. The summed E-state index contributed by atoms with van der Waals surface area (Å²) in [5, 5.41) is 54.8. The number of hydrogen-bond donors (Lipinski definition) is 7. The van der Waals surface area contributed by atoms with E-state index in [1.807, 2.05) is 5.32 Å². The molecule has 0 saturated carbocycles. The number of aliphatic hydroxyl groups excluding tert-OH is 4. The Morgan fingerprint density at radius 1 is 1.08 bits per heavy atom. The van der Waals surface area contributed by atoms with Gasteiger partial charge in [0.25, 0.3) is 5.91 Å². The zero-order chi connectivity index (χ0) is 27.8. The number of thioether (sulfide) groups is 1. The van der Waals surface area contributed by atoms with Gasteiger partial charge in [-0.1, -0.05) is 71.3 Å². The number of urea groups is 1. The van der Waals surface area contributed by atoms with Crippen LogP contribution in [0, 0.1) is 0 Å². The van der Waals surface area contributed by atoms with Crippen molar-refractivity contribution >= 4 is 29.7 Å². The SMILES string of the molecule is C=CC(=O)NC(=O)N[C@H]1C([C@H](O)[C@H](O)CO)O[C@@](SCCCCCCCCCCCC)(C(=O)O)C[C@@H]1O. The van der Waals surface area contributed by atoms with Gasteiger partial charge in [0, 0.05) is 6.42 Å². The van der Waals surface area contributed by atoms with Crippen LogP contribution >= 0.6 is 11.8 Å². The standard InChI is InChI=1S/C25H44N2O9S/c1-3-5-6-7-8-9-10-11-12-13-14-37-25(23(33)34)15-17(29)20(27-24(35)26-19(31)4-2)22(36-25)21(32)18(30)16-28/h4,17-18,20-22,28-30,32H,2-3,5-16H2,1H3,(H,33,34)(H2,26,27,31,35)/t17-,18+,20+,21+,22?,25-/m0/s1. The van der Waals surface area contributed by atoms with Crippen LogP contribution in [0.5, 0.6) is 0 Å². The largest absolute Gasteiger partial charge is 0.478 e. The highest BCUT2D eigenvalue weighted by Gasteiger charge is 2.55. The highest BCUT2D eigenvalue weighted by molar-refractivity contribution is 8.01. The quantitative estimate of drug-likeness (QED) is 0.0981. The summed E-state index contributed by atoms with van der Waals surface area (Å²) in [6.45, 7) is 4.55. The number of carbonyl (C=O) groups excluding carboxylic acids is 2. The second-order valence-corrected chi connectivity index (χ2v) is 10.7. The van der Waals surface area contributed by atoms with Gasteiger partial charge in [-0.3, -0.25) is 10.1 Å². The second-order valence-electron chi connectivity index (χ2n) is 9.38. The molecule has 0 bridgehead atoms. The molecular formula is C25H44N2O9S. The highest BCUT2D eigenvalue weighted by Crippen LogP contribution is 2.41. The van der Waals surface area contributed by atoms with E-state index in [9.17, 15) is 39.9 Å². The maximum absolute atomic E-state index is 12.2. The Labute approximate surface area is 223 Å². The average Bonchev–Trinajstić information content (AvgIpc) is 2.87. The minimum atomic E-state index is -1.94. The lowest BCUT2D eigenvalue weighted by molar-refractivity contribution is -0.203. The molecule has 1 fully saturated rings. The molecular weight excluding hydrogens is 504 g/mol. The molecule has 7 N–H and O–H groups in total. The first kappa shape index (κ1) is 33.3. The predicted molar refractivity (Wildman–Crippen MR) is 140 cm³/mol. The summed E-state index contributed by atoms with van der Waals surface area (Å²) in [7, 11) is 0. The van der Waals surface area contributed by atoms with Crippen molar-refractivity contribution in [3.63, 3.8) is 0 Å². The summed E-state index contributed by atoms with van der Waals surface area (Å²) in [5.41, 5.74) is 0. The molecule has 1 unspecified atom stereocenters. The number of ether oxygens (including phenoxy) is 1. The van der Waals surface area contributed by atoms with Crippen LogP contribution in [0.25, 0.3) is 0 Å². The van der Waals surface area contributed by atoms with Crippen LogP contribution in [0.3, 0.4) is 0 Å². The number of aliphatic hydroxyl groups is 4. The van der Waals surface area contributed by atoms with Crippen LogP contribution in [-0.2, 0) is 14.3 Å². The number of imide groups is 1. The number of amides is 3. The molecule has 1 saturated heterocycles. The molecule has 0 aliphatic carbocycles. The monoisotopic (exact) mass is 548 g/mol. The van der Waals surface area contributed by atoms with E-state index in [2.05, 4.69) is 18.8 Å². The van der Waals surface area contributed by atoms with E-state index in [0.717, 1.165) is 43.5 Å². The Morgan fingerprint density at radius 3 is 2.16 bits per heavy atom. The molecule has 1 heterocycles. The van der Waals surface area contributed by atoms with Gasteiger partial charge in [-0.2, -0.15) is 0 Å². The van der Waals surface area contributed by atoms with E-state index < -0.39 is 66.3 Å². The fourth-order valence-electron chi connectivity index (χ4n) is 4.22. The van der Waals surface area contributed by atoms with E-state index in [1.54, 1.807) is 0 Å². The Bertz CT molecular complexity index is 726. The molecule has 1 rings (SSSR count). The molecule has 1 aliphatic rings. The zero-order valence-corrected chi connectivity index (χ0v) is 22.5. The maximum Gasteiger partial charge on any atom is 0.346 e. The van der Waals surface area contributed by atoms with Crippen molar-refractivity contribution in [1.29, 1.82) is 0 Å².